The number of hydrogen-bond donors (Lipinski definition) is 1. The van der Waals surface area contributed by atoms with Crippen LogP contribution in [0.2, 0.25) is 0 Å². The molecule has 1 aromatic heterocycles. The Labute approximate surface area is 162 Å². The highest BCUT2D eigenvalue weighted by Gasteiger charge is 2.26. The fourth-order valence-electron chi connectivity index (χ4n) is 2.97. The van der Waals surface area contributed by atoms with Gasteiger partial charge in [-0.3, -0.25) is 9.59 Å². The Balaban J connectivity index is 1.47. The predicted molar refractivity (Wildman–Crippen MR) is 99.2 cm³/mol. The summed E-state index contributed by atoms with van der Waals surface area (Å²) >= 11 is 0. The Morgan fingerprint density at radius 1 is 1.14 bits per heavy atom. The summed E-state index contributed by atoms with van der Waals surface area (Å²) < 4.78 is 14.8. The first kappa shape index (κ1) is 19.5. The smallest absolute Gasteiger partial charge is 0.459 e. The maximum Gasteiger partial charge on any atom is 0.513 e. The minimum absolute atomic E-state index is 0.0105. The molecule has 0 atom stereocenters. The first-order valence-electron chi connectivity index (χ1n) is 9.15. The maximum absolute atomic E-state index is 12.4. The van der Waals surface area contributed by atoms with E-state index in [4.69, 9.17) is 13.9 Å². The zero-order valence-electron chi connectivity index (χ0n) is 15.6. The fraction of sp³-hybridized carbons (Fsp3) is 0.350. The Hall–Kier alpha value is -3.29. The lowest BCUT2D eigenvalue weighted by molar-refractivity contribution is 0.0667. The average molecular weight is 386 g/mol. The van der Waals surface area contributed by atoms with E-state index in [0.29, 0.717) is 43.0 Å². The average Bonchev–Trinajstić information content (AvgIpc) is 3.23. The van der Waals surface area contributed by atoms with Crippen LogP contribution in [0, 0.1) is 0 Å². The van der Waals surface area contributed by atoms with Crippen LogP contribution in [-0.4, -0.2) is 48.6 Å². The SMILES string of the molecule is CCOC(=O)Oc1ccc(C(=O)NC2CCN(C(=O)c3ccco3)CC2)cc1. The van der Waals surface area contributed by atoms with Crippen LogP contribution in [0.1, 0.15) is 40.7 Å². The number of hydrogen-bond acceptors (Lipinski definition) is 6. The number of nitrogens with zero attached hydrogens (tertiary/aromatic N) is 1. The molecule has 3 rings (SSSR count). The molecular weight excluding hydrogens is 364 g/mol. The van der Waals surface area contributed by atoms with Crippen molar-refractivity contribution in [2.45, 2.75) is 25.8 Å². The van der Waals surface area contributed by atoms with E-state index >= 15 is 0 Å². The summed E-state index contributed by atoms with van der Waals surface area (Å²) in [7, 11) is 0. The third-order valence-corrected chi connectivity index (χ3v) is 4.43. The second-order valence-corrected chi connectivity index (χ2v) is 6.33. The van der Waals surface area contributed by atoms with Gasteiger partial charge < -0.3 is 24.1 Å². The van der Waals surface area contributed by atoms with Gasteiger partial charge >= 0.3 is 6.16 Å². The van der Waals surface area contributed by atoms with Crippen LogP contribution in [-0.2, 0) is 4.74 Å². The van der Waals surface area contributed by atoms with Crippen molar-refractivity contribution in [3.05, 3.63) is 54.0 Å². The van der Waals surface area contributed by atoms with Crippen molar-refractivity contribution in [2.75, 3.05) is 19.7 Å². The number of carbonyl (C=O) groups excluding carboxylic acids is 3. The lowest BCUT2D eigenvalue weighted by Gasteiger charge is -2.31. The van der Waals surface area contributed by atoms with Gasteiger partial charge in [-0.25, -0.2) is 4.79 Å². The largest absolute Gasteiger partial charge is 0.513 e. The Morgan fingerprint density at radius 2 is 1.86 bits per heavy atom. The summed E-state index contributed by atoms with van der Waals surface area (Å²) in [5.74, 6) is 0.290. The third kappa shape index (κ3) is 4.91. The molecule has 1 aromatic carbocycles. The Kier molecular flexibility index (Phi) is 6.31. The molecule has 0 saturated carbocycles. The third-order valence-electron chi connectivity index (χ3n) is 4.43. The molecule has 28 heavy (non-hydrogen) atoms. The van der Waals surface area contributed by atoms with Gasteiger partial charge in [-0.2, -0.15) is 0 Å². The molecule has 0 radical (unpaired) electrons. The summed E-state index contributed by atoms with van der Waals surface area (Å²) in [4.78, 5) is 37.7. The first-order valence-corrected chi connectivity index (χ1v) is 9.15. The molecule has 0 aliphatic carbocycles. The van der Waals surface area contributed by atoms with E-state index in [1.807, 2.05) is 0 Å². The van der Waals surface area contributed by atoms with Crippen molar-refractivity contribution in [2.24, 2.45) is 0 Å². The molecule has 8 heteroatoms. The number of ether oxygens (including phenoxy) is 2. The number of carbonyl (C=O) groups is 3. The highest BCUT2D eigenvalue weighted by molar-refractivity contribution is 5.94. The van der Waals surface area contributed by atoms with Crippen molar-refractivity contribution >= 4 is 18.0 Å². The van der Waals surface area contributed by atoms with Crippen molar-refractivity contribution in [3.63, 3.8) is 0 Å². The lowest BCUT2D eigenvalue weighted by Crippen LogP contribution is -2.46. The number of nitrogens with one attached hydrogen (secondary N) is 1. The number of likely N-dealkylation sites (tertiary alicyclic amines) is 1. The predicted octanol–water partition coefficient (Wildman–Crippen LogP) is 2.85. The molecule has 0 spiro atoms. The van der Waals surface area contributed by atoms with Crippen LogP contribution in [0.15, 0.2) is 47.1 Å². The second-order valence-electron chi connectivity index (χ2n) is 6.33. The zero-order chi connectivity index (χ0) is 19.9. The van der Waals surface area contributed by atoms with Crippen molar-refractivity contribution in [1.29, 1.82) is 0 Å². The minimum Gasteiger partial charge on any atom is -0.459 e. The van der Waals surface area contributed by atoms with E-state index in [1.165, 1.54) is 18.4 Å². The molecule has 1 N–H and O–H groups in total. The van der Waals surface area contributed by atoms with E-state index in [9.17, 15) is 14.4 Å². The van der Waals surface area contributed by atoms with E-state index < -0.39 is 6.16 Å². The topological polar surface area (TPSA) is 98.1 Å². The maximum atomic E-state index is 12.4. The summed E-state index contributed by atoms with van der Waals surface area (Å²) in [5, 5.41) is 2.98. The number of benzene rings is 1. The van der Waals surface area contributed by atoms with E-state index in [-0.39, 0.29) is 24.5 Å². The van der Waals surface area contributed by atoms with Gasteiger partial charge in [0, 0.05) is 24.7 Å². The molecule has 1 aliphatic heterocycles. The first-order chi connectivity index (χ1) is 13.6. The summed E-state index contributed by atoms with van der Waals surface area (Å²) in [6.07, 6.45) is 2.03. The zero-order valence-corrected chi connectivity index (χ0v) is 15.6. The molecule has 2 amide bonds. The molecule has 2 aromatic rings. The van der Waals surface area contributed by atoms with E-state index in [0.717, 1.165) is 0 Å². The molecular formula is C20H22N2O6. The van der Waals surface area contributed by atoms with Gasteiger partial charge in [0.1, 0.15) is 5.75 Å². The summed E-state index contributed by atoms with van der Waals surface area (Å²) in [5.41, 5.74) is 0.463. The fourth-order valence-corrected chi connectivity index (χ4v) is 2.97. The van der Waals surface area contributed by atoms with Crippen LogP contribution >= 0.6 is 0 Å². The van der Waals surface area contributed by atoms with Gasteiger partial charge in [-0.1, -0.05) is 0 Å². The van der Waals surface area contributed by atoms with Crippen molar-refractivity contribution < 1.29 is 28.3 Å². The molecule has 0 bridgehead atoms. The van der Waals surface area contributed by atoms with Crippen LogP contribution in [0.25, 0.3) is 0 Å². The van der Waals surface area contributed by atoms with Gasteiger partial charge in [0.05, 0.1) is 12.9 Å². The van der Waals surface area contributed by atoms with Crippen LogP contribution in [0.5, 0.6) is 5.75 Å². The van der Waals surface area contributed by atoms with Crippen molar-refractivity contribution in [3.8, 4) is 5.75 Å². The number of piperidine rings is 1. The van der Waals surface area contributed by atoms with Gasteiger partial charge in [0.15, 0.2) is 5.76 Å². The van der Waals surface area contributed by atoms with E-state index in [2.05, 4.69) is 5.32 Å². The quantitative estimate of drug-likeness (QED) is 0.627. The van der Waals surface area contributed by atoms with Crippen LogP contribution in [0.3, 0.4) is 0 Å². The molecule has 8 nitrogen and oxygen atoms in total. The van der Waals surface area contributed by atoms with Crippen molar-refractivity contribution in [1.82, 2.24) is 10.2 Å². The van der Waals surface area contributed by atoms with Gasteiger partial charge in [0.25, 0.3) is 11.8 Å². The molecule has 1 fully saturated rings. The molecule has 2 heterocycles. The molecule has 0 unspecified atom stereocenters. The highest BCUT2D eigenvalue weighted by atomic mass is 16.7. The molecule has 1 saturated heterocycles. The monoisotopic (exact) mass is 386 g/mol. The second kappa shape index (κ2) is 9.07. The number of amides is 2. The van der Waals surface area contributed by atoms with Crippen LogP contribution < -0.4 is 10.1 Å². The van der Waals surface area contributed by atoms with Gasteiger partial charge in [-0.15, -0.1) is 0 Å². The summed E-state index contributed by atoms with van der Waals surface area (Å²) in [6.45, 7) is 3.02. The molecule has 1 aliphatic rings. The standard InChI is InChI=1S/C20H22N2O6/c1-2-26-20(25)28-16-7-5-14(6-8-16)18(23)21-15-9-11-22(12-10-15)19(24)17-4-3-13-27-17/h3-8,13,15H,2,9-12H2,1H3,(H,21,23). The highest BCUT2D eigenvalue weighted by Crippen LogP contribution is 2.16. The number of furan rings is 1. The minimum atomic E-state index is -0.782. The van der Waals surface area contributed by atoms with Gasteiger partial charge in [0.2, 0.25) is 0 Å². The Morgan fingerprint density at radius 3 is 2.46 bits per heavy atom. The van der Waals surface area contributed by atoms with E-state index in [1.54, 1.807) is 36.1 Å². The van der Waals surface area contributed by atoms with Gasteiger partial charge in [-0.05, 0) is 56.2 Å². The molecule has 148 valence electrons. The normalized spacial score (nSPS) is 14.4. The lowest BCUT2D eigenvalue weighted by atomic mass is 10.0. The summed E-state index contributed by atoms with van der Waals surface area (Å²) in [6, 6.07) is 9.56. The number of rotatable bonds is 5. The Bertz CT molecular complexity index is 808. The van der Waals surface area contributed by atoms with Crippen LogP contribution in [0.4, 0.5) is 4.79 Å².